The van der Waals surface area contributed by atoms with Crippen LogP contribution >= 0.6 is 23.2 Å². The van der Waals surface area contributed by atoms with Crippen molar-refractivity contribution in [1.82, 2.24) is 9.97 Å². The van der Waals surface area contributed by atoms with Crippen LogP contribution in [0.4, 0.5) is 5.69 Å². The summed E-state index contributed by atoms with van der Waals surface area (Å²) >= 11 is 11.1. The number of hydrogen-bond donors (Lipinski definition) is 1. The van der Waals surface area contributed by atoms with E-state index in [0.717, 1.165) is 0 Å². The fraction of sp³-hybridized carbons (Fsp3) is 0.200. The molecule has 0 bridgehead atoms. The van der Waals surface area contributed by atoms with Gasteiger partial charge in [0.25, 0.3) is 0 Å². The van der Waals surface area contributed by atoms with E-state index < -0.39 is 0 Å². The Bertz CT molecular complexity index is 255. The Morgan fingerprint density at radius 3 is 2.82 bits per heavy atom. The molecular formula is C5H5Cl2N3O. The number of nitrogens with zero attached hydrogens (tertiary/aromatic N) is 2. The average molecular weight is 194 g/mol. The van der Waals surface area contributed by atoms with Crippen molar-refractivity contribution >= 4 is 28.9 Å². The molecule has 0 aliphatic carbocycles. The van der Waals surface area contributed by atoms with Crippen molar-refractivity contribution in [2.75, 3.05) is 12.6 Å². The van der Waals surface area contributed by atoms with Crippen molar-refractivity contribution in [3.8, 4) is 0 Å². The van der Waals surface area contributed by atoms with E-state index in [1.54, 1.807) is 0 Å². The summed E-state index contributed by atoms with van der Waals surface area (Å²) in [5, 5.41) is 0.337. The van der Waals surface area contributed by atoms with Crippen LogP contribution in [0.3, 0.4) is 0 Å². The topological polar surface area (TPSA) is 47.0 Å². The molecule has 4 nitrogen and oxygen atoms in total. The maximum Gasteiger partial charge on any atom is 0.223 e. The molecule has 1 rings (SSSR count). The first kappa shape index (κ1) is 8.52. The summed E-state index contributed by atoms with van der Waals surface area (Å²) in [6.45, 7) is 0. The fourth-order valence-electron chi connectivity index (χ4n) is 0.520. The molecule has 1 aromatic heterocycles. The zero-order chi connectivity index (χ0) is 8.27. The first-order chi connectivity index (χ1) is 5.24. The van der Waals surface area contributed by atoms with Crippen molar-refractivity contribution in [3.05, 3.63) is 16.6 Å². The molecule has 6 heteroatoms. The Labute approximate surface area is 73.5 Å². The lowest BCUT2D eigenvalue weighted by molar-refractivity contribution is 0.270. The second kappa shape index (κ2) is 3.71. The van der Waals surface area contributed by atoms with Crippen LogP contribution in [-0.4, -0.2) is 17.1 Å². The minimum absolute atomic E-state index is 0.108. The van der Waals surface area contributed by atoms with Crippen molar-refractivity contribution in [2.45, 2.75) is 0 Å². The molecule has 0 unspecified atom stereocenters. The molecule has 1 aromatic rings. The average Bonchev–Trinajstić information content (AvgIpc) is 1.95. The summed E-state index contributed by atoms with van der Waals surface area (Å²) in [6, 6.07) is 0. The summed E-state index contributed by atoms with van der Waals surface area (Å²) in [7, 11) is 1.46. The van der Waals surface area contributed by atoms with E-state index in [1.807, 2.05) is 0 Å². The summed E-state index contributed by atoms with van der Waals surface area (Å²) in [4.78, 5) is 11.9. The molecule has 60 valence electrons. The number of anilines is 1. The van der Waals surface area contributed by atoms with Gasteiger partial charge in [-0.05, 0) is 11.6 Å². The summed E-state index contributed by atoms with van der Waals surface area (Å²) in [5.41, 5.74) is 2.97. The molecule has 0 aliphatic heterocycles. The van der Waals surface area contributed by atoms with E-state index in [4.69, 9.17) is 23.2 Å². The third-order valence-electron chi connectivity index (χ3n) is 0.925. The van der Waals surface area contributed by atoms with Crippen molar-refractivity contribution in [2.24, 2.45) is 0 Å². The van der Waals surface area contributed by atoms with Crippen molar-refractivity contribution in [3.63, 3.8) is 0 Å². The monoisotopic (exact) mass is 193 g/mol. The Morgan fingerprint density at radius 1 is 1.55 bits per heavy atom. The first-order valence-corrected chi connectivity index (χ1v) is 3.46. The van der Waals surface area contributed by atoms with Crippen LogP contribution in [0.2, 0.25) is 10.4 Å². The van der Waals surface area contributed by atoms with Gasteiger partial charge in [-0.25, -0.2) is 9.97 Å². The lowest BCUT2D eigenvalue weighted by Crippen LogP contribution is -1.98. The zero-order valence-electron chi connectivity index (χ0n) is 5.64. The highest BCUT2D eigenvalue weighted by Gasteiger charge is 2.01. The van der Waals surface area contributed by atoms with Crippen molar-refractivity contribution in [1.29, 1.82) is 0 Å². The van der Waals surface area contributed by atoms with Gasteiger partial charge in [0.1, 0.15) is 5.69 Å². The highest BCUT2D eigenvalue weighted by atomic mass is 35.5. The maximum absolute atomic E-state index is 5.63. The second-order valence-corrected chi connectivity index (χ2v) is 2.35. The number of hydrogen-bond acceptors (Lipinski definition) is 4. The number of rotatable bonds is 2. The van der Waals surface area contributed by atoms with Gasteiger partial charge in [-0.3, -0.25) is 10.3 Å². The molecule has 1 N–H and O–H groups in total. The summed E-state index contributed by atoms with van der Waals surface area (Å²) in [5.74, 6) is 0. The number of nitrogens with one attached hydrogen (secondary N) is 1. The number of halogens is 2. The number of aromatic nitrogens is 2. The smallest absolute Gasteiger partial charge is 0.223 e. The largest absolute Gasteiger partial charge is 0.279 e. The van der Waals surface area contributed by atoms with E-state index >= 15 is 0 Å². The van der Waals surface area contributed by atoms with Gasteiger partial charge < -0.3 is 0 Å². The molecule has 0 aromatic carbocycles. The lowest BCUT2D eigenvalue weighted by atomic mass is 10.6. The minimum atomic E-state index is 0.108. The molecule has 0 aliphatic rings. The van der Waals surface area contributed by atoms with Crippen LogP contribution in [0.1, 0.15) is 0 Å². The Hall–Kier alpha value is -0.580. The molecular weight excluding hydrogens is 189 g/mol. The highest BCUT2D eigenvalue weighted by molar-refractivity contribution is 6.33. The molecule has 0 amide bonds. The molecule has 11 heavy (non-hydrogen) atoms. The van der Waals surface area contributed by atoms with Gasteiger partial charge in [0, 0.05) is 0 Å². The predicted molar refractivity (Wildman–Crippen MR) is 42.7 cm³/mol. The molecule has 0 saturated heterocycles. The predicted octanol–water partition coefficient (Wildman–Crippen LogP) is 1.76. The van der Waals surface area contributed by atoms with Gasteiger partial charge in [0.15, 0.2) is 5.15 Å². The Morgan fingerprint density at radius 2 is 2.27 bits per heavy atom. The Kier molecular flexibility index (Phi) is 2.87. The van der Waals surface area contributed by atoms with Gasteiger partial charge in [-0.2, -0.15) is 0 Å². The van der Waals surface area contributed by atoms with Gasteiger partial charge >= 0.3 is 0 Å². The minimum Gasteiger partial charge on any atom is -0.279 e. The van der Waals surface area contributed by atoms with Crippen molar-refractivity contribution < 1.29 is 4.84 Å². The second-order valence-electron chi connectivity index (χ2n) is 1.65. The quantitative estimate of drug-likeness (QED) is 0.442. The van der Waals surface area contributed by atoms with E-state index in [9.17, 15) is 0 Å². The van der Waals surface area contributed by atoms with Crippen LogP contribution in [0.25, 0.3) is 0 Å². The Balaban J connectivity index is 2.90. The van der Waals surface area contributed by atoms with E-state index in [1.165, 1.54) is 13.3 Å². The van der Waals surface area contributed by atoms with Gasteiger partial charge in [-0.1, -0.05) is 11.6 Å². The van der Waals surface area contributed by atoms with Gasteiger partial charge in [0.2, 0.25) is 5.28 Å². The lowest BCUT2D eigenvalue weighted by Gasteiger charge is -2.02. The summed E-state index contributed by atoms with van der Waals surface area (Å²) in [6.07, 6.45) is 1.43. The molecule has 1 heterocycles. The van der Waals surface area contributed by atoms with Gasteiger partial charge in [0.05, 0.1) is 13.3 Å². The van der Waals surface area contributed by atoms with Crippen LogP contribution in [0.15, 0.2) is 6.20 Å². The van der Waals surface area contributed by atoms with Crippen LogP contribution in [0.5, 0.6) is 0 Å². The SMILES string of the molecule is CONc1cnc(Cl)nc1Cl. The van der Waals surface area contributed by atoms with Crippen LogP contribution in [-0.2, 0) is 4.84 Å². The molecule has 0 radical (unpaired) electrons. The zero-order valence-corrected chi connectivity index (χ0v) is 7.15. The summed E-state index contributed by atoms with van der Waals surface area (Å²) < 4.78 is 0. The van der Waals surface area contributed by atoms with E-state index in [-0.39, 0.29) is 10.4 Å². The van der Waals surface area contributed by atoms with E-state index in [2.05, 4.69) is 20.3 Å². The first-order valence-electron chi connectivity index (χ1n) is 2.71. The molecule has 0 spiro atoms. The normalized spacial score (nSPS) is 9.73. The fourth-order valence-corrected chi connectivity index (χ4v) is 0.864. The maximum atomic E-state index is 5.63. The van der Waals surface area contributed by atoms with E-state index in [0.29, 0.717) is 5.69 Å². The molecule has 0 saturated carbocycles. The third-order valence-corrected chi connectivity index (χ3v) is 1.40. The van der Waals surface area contributed by atoms with Crippen LogP contribution < -0.4 is 5.48 Å². The molecule has 0 atom stereocenters. The van der Waals surface area contributed by atoms with Gasteiger partial charge in [-0.15, -0.1) is 0 Å². The standard InChI is InChI=1S/C5H5Cl2N3O/c1-11-10-3-2-8-5(7)9-4(3)6/h2,10H,1H3. The highest BCUT2D eigenvalue weighted by Crippen LogP contribution is 2.18. The van der Waals surface area contributed by atoms with Crippen LogP contribution in [0, 0.1) is 0 Å². The molecule has 0 fully saturated rings. The third kappa shape index (κ3) is 2.18.